The lowest BCUT2D eigenvalue weighted by molar-refractivity contribution is -0.131. The Morgan fingerprint density at radius 3 is 2.43 bits per heavy atom. The van der Waals surface area contributed by atoms with Gasteiger partial charge in [-0.3, -0.25) is 4.79 Å². The number of amides is 1. The van der Waals surface area contributed by atoms with Crippen LogP contribution in [0.25, 0.3) is 0 Å². The molecule has 0 radical (unpaired) electrons. The predicted octanol–water partition coefficient (Wildman–Crippen LogP) is 4.50. The normalized spacial score (nSPS) is 12.9. The van der Waals surface area contributed by atoms with Crippen LogP contribution in [-0.4, -0.2) is 34.4 Å². The molecule has 0 aromatic heterocycles. The van der Waals surface area contributed by atoms with Gasteiger partial charge in [0.15, 0.2) is 0 Å². The monoisotopic (exact) mass is 354 g/mol. The molecule has 1 rings (SSSR count). The Bertz CT molecular complexity index is 460. The minimum absolute atomic E-state index is 0.0260. The fourth-order valence-electron chi connectivity index (χ4n) is 2.22. The van der Waals surface area contributed by atoms with Crippen molar-refractivity contribution in [2.75, 3.05) is 18.8 Å². The van der Waals surface area contributed by atoms with Gasteiger partial charge >= 0.3 is 0 Å². The van der Waals surface area contributed by atoms with Crippen LogP contribution in [0.5, 0.6) is 0 Å². The van der Waals surface area contributed by atoms with E-state index in [0.717, 1.165) is 30.7 Å². The van der Waals surface area contributed by atoms with Crippen LogP contribution in [0, 0.1) is 0 Å². The summed E-state index contributed by atoms with van der Waals surface area (Å²) >= 11 is 0. The van der Waals surface area contributed by atoms with Gasteiger partial charge < -0.3 is 10.6 Å². The Hall–Kier alpha value is -0.650. The SMILES string of the molecule is CC(c1ccccc1)N(CCCCSSC(C)(C)C)C(=O)CN. The first-order valence-corrected chi connectivity index (χ1v) is 10.5. The highest BCUT2D eigenvalue weighted by molar-refractivity contribution is 8.77. The lowest BCUT2D eigenvalue weighted by Crippen LogP contribution is -2.38. The van der Waals surface area contributed by atoms with E-state index in [1.807, 2.05) is 44.7 Å². The highest BCUT2D eigenvalue weighted by Crippen LogP contribution is 2.35. The number of rotatable bonds is 9. The molecule has 1 unspecified atom stereocenters. The lowest BCUT2D eigenvalue weighted by atomic mass is 10.1. The average Bonchev–Trinajstić information content (AvgIpc) is 2.52. The van der Waals surface area contributed by atoms with E-state index in [2.05, 4.69) is 39.8 Å². The maximum atomic E-state index is 12.2. The van der Waals surface area contributed by atoms with E-state index >= 15 is 0 Å². The second-order valence-corrected chi connectivity index (χ2v) is 9.85. The molecule has 3 nitrogen and oxygen atoms in total. The van der Waals surface area contributed by atoms with Gasteiger partial charge in [-0.25, -0.2) is 0 Å². The zero-order chi connectivity index (χ0) is 17.3. The molecule has 0 saturated carbocycles. The Balaban J connectivity index is 2.45. The molecule has 0 aliphatic carbocycles. The van der Waals surface area contributed by atoms with Gasteiger partial charge in [0.25, 0.3) is 0 Å². The second-order valence-electron chi connectivity index (χ2n) is 6.60. The van der Waals surface area contributed by atoms with Gasteiger partial charge in [0.1, 0.15) is 0 Å². The Morgan fingerprint density at radius 2 is 1.87 bits per heavy atom. The van der Waals surface area contributed by atoms with E-state index in [0.29, 0.717) is 4.75 Å². The summed E-state index contributed by atoms with van der Waals surface area (Å²) in [5.41, 5.74) is 6.75. The van der Waals surface area contributed by atoms with Crippen molar-refractivity contribution in [1.82, 2.24) is 4.90 Å². The molecule has 0 spiro atoms. The third-order valence-corrected chi connectivity index (χ3v) is 6.86. The zero-order valence-corrected chi connectivity index (χ0v) is 16.4. The van der Waals surface area contributed by atoms with Gasteiger partial charge in [-0.15, -0.1) is 0 Å². The molecular formula is C18H30N2OS2. The third kappa shape index (κ3) is 8.13. The molecule has 0 aliphatic rings. The van der Waals surface area contributed by atoms with E-state index in [1.54, 1.807) is 0 Å². The smallest absolute Gasteiger partial charge is 0.236 e. The molecule has 0 fully saturated rings. The largest absolute Gasteiger partial charge is 0.335 e. The number of hydrogen-bond donors (Lipinski definition) is 1. The zero-order valence-electron chi connectivity index (χ0n) is 14.7. The van der Waals surface area contributed by atoms with E-state index in [1.165, 1.54) is 0 Å². The van der Waals surface area contributed by atoms with Crippen molar-refractivity contribution in [3.05, 3.63) is 35.9 Å². The Kier molecular flexibility index (Phi) is 9.10. The average molecular weight is 355 g/mol. The highest BCUT2D eigenvalue weighted by atomic mass is 33.1. The summed E-state index contributed by atoms with van der Waals surface area (Å²) in [5, 5.41) is 0. The standard InChI is InChI=1S/C18H30N2OS2/c1-15(16-10-6-5-7-11-16)20(17(21)14-19)12-8-9-13-22-23-18(2,3)4/h5-7,10-11,15H,8-9,12-14,19H2,1-4H3. The summed E-state index contributed by atoms with van der Waals surface area (Å²) in [6.07, 6.45) is 2.13. The number of carbonyl (C=O) groups is 1. The van der Waals surface area contributed by atoms with Crippen LogP contribution in [0.3, 0.4) is 0 Å². The number of carbonyl (C=O) groups excluding carboxylic acids is 1. The Morgan fingerprint density at radius 1 is 1.22 bits per heavy atom. The number of nitrogens with zero attached hydrogens (tertiary/aromatic N) is 1. The minimum Gasteiger partial charge on any atom is -0.335 e. The van der Waals surface area contributed by atoms with Crippen molar-refractivity contribution in [3.63, 3.8) is 0 Å². The van der Waals surface area contributed by atoms with Crippen molar-refractivity contribution in [3.8, 4) is 0 Å². The summed E-state index contributed by atoms with van der Waals surface area (Å²) in [6, 6.07) is 10.2. The molecule has 1 atom stereocenters. The summed E-state index contributed by atoms with van der Waals surface area (Å²) in [4.78, 5) is 14.1. The maximum Gasteiger partial charge on any atom is 0.236 e. The van der Waals surface area contributed by atoms with E-state index in [4.69, 9.17) is 5.73 Å². The van der Waals surface area contributed by atoms with Crippen LogP contribution in [0.1, 0.15) is 52.1 Å². The van der Waals surface area contributed by atoms with Crippen LogP contribution in [-0.2, 0) is 4.79 Å². The quantitative estimate of drug-likeness (QED) is 0.524. The molecule has 130 valence electrons. The molecule has 5 heteroatoms. The van der Waals surface area contributed by atoms with Gasteiger partial charge in [0, 0.05) is 17.0 Å². The van der Waals surface area contributed by atoms with E-state index in [9.17, 15) is 4.79 Å². The van der Waals surface area contributed by atoms with Gasteiger partial charge in [-0.05, 0) is 25.3 Å². The second kappa shape index (κ2) is 10.3. The van der Waals surface area contributed by atoms with E-state index < -0.39 is 0 Å². The van der Waals surface area contributed by atoms with Crippen LogP contribution >= 0.6 is 21.6 Å². The maximum absolute atomic E-state index is 12.2. The molecule has 0 aliphatic heterocycles. The molecule has 1 amide bonds. The molecule has 1 aromatic carbocycles. The molecule has 2 N–H and O–H groups in total. The minimum atomic E-state index is 0.0260. The summed E-state index contributed by atoms with van der Waals surface area (Å²) in [5.74, 6) is 1.14. The number of nitrogens with two attached hydrogens (primary N) is 1. The van der Waals surface area contributed by atoms with Crippen LogP contribution in [0.4, 0.5) is 0 Å². The molecule has 23 heavy (non-hydrogen) atoms. The topological polar surface area (TPSA) is 46.3 Å². The van der Waals surface area contributed by atoms with E-state index in [-0.39, 0.29) is 18.5 Å². The number of hydrogen-bond acceptors (Lipinski definition) is 4. The lowest BCUT2D eigenvalue weighted by Gasteiger charge is -2.29. The summed E-state index contributed by atoms with van der Waals surface area (Å²) in [6.45, 7) is 9.61. The van der Waals surface area contributed by atoms with Crippen molar-refractivity contribution < 1.29 is 4.79 Å². The van der Waals surface area contributed by atoms with Crippen LogP contribution < -0.4 is 5.73 Å². The summed E-state index contributed by atoms with van der Waals surface area (Å²) in [7, 11) is 3.84. The first-order chi connectivity index (χ1) is 10.8. The fraction of sp³-hybridized carbons (Fsp3) is 0.611. The van der Waals surface area contributed by atoms with Crippen molar-refractivity contribution >= 4 is 27.5 Å². The van der Waals surface area contributed by atoms with Crippen LogP contribution in [0.15, 0.2) is 30.3 Å². The predicted molar refractivity (Wildman–Crippen MR) is 105 cm³/mol. The van der Waals surface area contributed by atoms with Gasteiger partial charge in [0.05, 0.1) is 12.6 Å². The van der Waals surface area contributed by atoms with Crippen molar-refractivity contribution in [2.45, 2.75) is 51.3 Å². The van der Waals surface area contributed by atoms with Crippen LogP contribution in [0.2, 0.25) is 0 Å². The van der Waals surface area contributed by atoms with Gasteiger partial charge in [0.2, 0.25) is 5.91 Å². The highest BCUT2D eigenvalue weighted by Gasteiger charge is 2.19. The van der Waals surface area contributed by atoms with Crippen molar-refractivity contribution in [2.24, 2.45) is 5.73 Å². The molecule has 0 bridgehead atoms. The number of unbranched alkanes of at least 4 members (excludes halogenated alkanes) is 1. The first kappa shape index (κ1) is 20.4. The summed E-state index contributed by atoms with van der Waals surface area (Å²) < 4.78 is 0.300. The molecule has 0 saturated heterocycles. The van der Waals surface area contributed by atoms with Crippen molar-refractivity contribution in [1.29, 1.82) is 0 Å². The molecular weight excluding hydrogens is 324 g/mol. The number of benzene rings is 1. The third-order valence-electron chi connectivity index (χ3n) is 3.43. The Labute approximate surface area is 149 Å². The van der Waals surface area contributed by atoms with Gasteiger partial charge in [-0.1, -0.05) is 72.7 Å². The molecule has 0 heterocycles. The molecule has 1 aromatic rings. The van der Waals surface area contributed by atoms with Gasteiger partial charge in [-0.2, -0.15) is 0 Å². The first-order valence-electron chi connectivity index (χ1n) is 8.20. The fourth-order valence-corrected chi connectivity index (χ4v) is 4.65.